The Morgan fingerprint density at radius 3 is 2.05 bits per heavy atom. The molecule has 2 atom stereocenters. The maximum atomic E-state index is 12.4. The summed E-state index contributed by atoms with van der Waals surface area (Å²) in [6.07, 6.45) is 0.0664. The van der Waals surface area contributed by atoms with E-state index in [0.29, 0.717) is 0 Å². The summed E-state index contributed by atoms with van der Waals surface area (Å²) >= 11 is 5.96. The number of halogens is 1. The van der Waals surface area contributed by atoms with Crippen molar-refractivity contribution in [1.82, 2.24) is 4.90 Å². The van der Waals surface area contributed by atoms with Gasteiger partial charge in [0.1, 0.15) is 10.8 Å². The Morgan fingerprint density at radius 2 is 1.57 bits per heavy atom. The van der Waals surface area contributed by atoms with E-state index >= 15 is 0 Å². The lowest BCUT2D eigenvalue weighted by Crippen LogP contribution is -2.34. The number of amides is 1. The second-order valence-electron chi connectivity index (χ2n) is 5.59. The molecule has 0 radical (unpaired) electrons. The molecule has 2 fully saturated rings. The Bertz CT molecular complexity index is 647. The highest BCUT2D eigenvalue weighted by Gasteiger charge is 2.81. The summed E-state index contributed by atoms with van der Waals surface area (Å²) in [6, 6.07) is 6.43. The Labute approximate surface area is 124 Å². The number of carbonyl (C=O) groups is 3. The van der Waals surface area contributed by atoms with Crippen LogP contribution >= 0.6 is 11.6 Å². The van der Waals surface area contributed by atoms with Crippen LogP contribution in [0.2, 0.25) is 5.02 Å². The lowest BCUT2D eigenvalue weighted by molar-refractivity contribution is -0.151. The number of piperidine rings is 1. The van der Waals surface area contributed by atoms with Gasteiger partial charge in [-0.05, 0) is 18.6 Å². The molecular formula is C14H12ClNO5. The largest absolute Gasteiger partial charge is 0.481 e. The molecule has 0 aromatic heterocycles. The quantitative estimate of drug-likeness (QED) is 0.878. The summed E-state index contributed by atoms with van der Waals surface area (Å²) in [5.74, 6) is -2.77. The second-order valence-corrected chi connectivity index (χ2v) is 6.00. The summed E-state index contributed by atoms with van der Waals surface area (Å²) < 4.78 is 0. The molecule has 1 aromatic rings. The molecule has 1 saturated heterocycles. The molecule has 0 spiro atoms. The van der Waals surface area contributed by atoms with Crippen LogP contribution in [0.5, 0.6) is 0 Å². The first-order chi connectivity index (χ1) is 9.84. The van der Waals surface area contributed by atoms with Crippen LogP contribution in [0.25, 0.3) is 0 Å². The fraction of sp³-hybridized carbons (Fsp3) is 0.357. The lowest BCUT2D eigenvalue weighted by atomic mass is 9.97. The van der Waals surface area contributed by atoms with E-state index in [-0.39, 0.29) is 30.1 Å². The summed E-state index contributed by atoms with van der Waals surface area (Å²) in [5, 5.41) is 18.9. The van der Waals surface area contributed by atoms with Crippen molar-refractivity contribution in [1.29, 1.82) is 0 Å². The highest BCUT2D eigenvalue weighted by molar-refractivity contribution is 6.33. The molecule has 1 amide bonds. The molecule has 7 heteroatoms. The standard InChI is InChI=1S/C14H12ClNO5/c15-9-4-2-1-3-8(9)10(17)16-6-13(11(18)19)5-14(13,7-16)12(20)21/h1-4H,5-7H2,(H,18,19)(H,20,21)/t13-,14+. The molecule has 1 aliphatic carbocycles. The number of benzene rings is 1. The molecule has 1 saturated carbocycles. The second kappa shape index (κ2) is 4.21. The fourth-order valence-electron chi connectivity index (χ4n) is 3.24. The van der Waals surface area contributed by atoms with E-state index in [1.807, 2.05) is 0 Å². The average Bonchev–Trinajstić information content (AvgIpc) is 2.98. The minimum Gasteiger partial charge on any atom is -0.481 e. The normalized spacial score (nSPS) is 29.9. The van der Waals surface area contributed by atoms with E-state index in [2.05, 4.69) is 0 Å². The number of likely N-dealkylation sites (tertiary alicyclic amines) is 1. The first-order valence-electron chi connectivity index (χ1n) is 6.35. The molecular weight excluding hydrogens is 298 g/mol. The first kappa shape index (κ1) is 13.9. The Kier molecular flexibility index (Phi) is 2.78. The summed E-state index contributed by atoms with van der Waals surface area (Å²) in [5.41, 5.74) is -2.48. The fourth-order valence-corrected chi connectivity index (χ4v) is 3.45. The van der Waals surface area contributed by atoms with Gasteiger partial charge in [0.15, 0.2) is 0 Å². The topological polar surface area (TPSA) is 94.9 Å². The molecule has 21 heavy (non-hydrogen) atoms. The lowest BCUT2D eigenvalue weighted by Gasteiger charge is -2.20. The smallest absolute Gasteiger partial charge is 0.312 e. The summed E-state index contributed by atoms with van der Waals surface area (Å²) in [4.78, 5) is 36.5. The van der Waals surface area contributed by atoms with Crippen LogP contribution in [0.15, 0.2) is 24.3 Å². The molecule has 0 unspecified atom stereocenters. The number of aliphatic carboxylic acids is 2. The van der Waals surface area contributed by atoms with Crippen molar-refractivity contribution < 1.29 is 24.6 Å². The maximum Gasteiger partial charge on any atom is 0.312 e. The summed E-state index contributed by atoms with van der Waals surface area (Å²) in [6.45, 7) is -0.197. The van der Waals surface area contributed by atoms with Gasteiger partial charge < -0.3 is 15.1 Å². The number of nitrogens with zero attached hydrogens (tertiary/aromatic N) is 1. The van der Waals surface area contributed by atoms with E-state index in [1.165, 1.54) is 11.0 Å². The SMILES string of the molecule is O=C(c1ccccc1Cl)N1C[C@@]2(C(=O)O)C[C@@]2(C(=O)O)C1. The highest BCUT2D eigenvalue weighted by Crippen LogP contribution is 2.68. The van der Waals surface area contributed by atoms with Gasteiger partial charge in [-0.2, -0.15) is 0 Å². The van der Waals surface area contributed by atoms with E-state index in [4.69, 9.17) is 11.6 Å². The van der Waals surface area contributed by atoms with Gasteiger partial charge in [0.05, 0.1) is 10.6 Å². The predicted octanol–water partition coefficient (Wildman–Crippen LogP) is 1.34. The number of hydrogen-bond acceptors (Lipinski definition) is 3. The molecule has 6 nitrogen and oxygen atoms in total. The molecule has 1 aliphatic heterocycles. The molecule has 3 rings (SSSR count). The van der Waals surface area contributed by atoms with Crippen LogP contribution in [0.1, 0.15) is 16.8 Å². The van der Waals surface area contributed by atoms with E-state index < -0.39 is 28.7 Å². The predicted molar refractivity (Wildman–Crippen MR) is 72.1 cm³/mol. The van der Waals surface area contributed by atoms with Crippen molar-refractivity contribution in [2.75, 3.05) is 13.1 Å². The van der Waals surface area contributed by atoms with Crippen LogP contribution in [0.3, 0.4) is 0 Å². The van der Waals surface area contributed by atoms with Gasteiger partial charge in [0.2, 0.25) is 0 Å². The molecule has 1 heterocycles. The third-order valence-electron chi connectivity index (χ3n) is 4.53. The number of carbonyl (C=O) groups excluding carboxylic acids is 1. The third-order valence-corrected chi connectivity index (χ3v) is 4.86. The Balaban J connectivity index is 1.91. The molecule has 2 N–H and O–H groups in total. The molecule has 1 aromatic carbocycles. The first-order valence-corrected chi connectivity index (χ1v) is 6.72. The van der Waals surface area contributed by atoms with E-state index in [0.717, 1.165) is 0 Å². The van der Waals surface area contributed by atoms with Crippen molar-refractivity contribution in [3.63, 3.8) is 0 Å². The number of carboxylic acid groups (broad SMARTS) is 2. The number of rotatable bonds is 3. The Hall–Kier alpha value is -2.08. The number of fused-ring (bicyclic) bond motifs is 1. The van der Waals surface area contributed by atoms with E-state index in [1.54, 1.807) is 18.2 Å². The zero-order valence-corrected chi connectivity index (χ0v) is 11.6. The van der Waals surface area contributed by atoms with Crippen LogP contribution in [0, 0.1) is 10.8 Å². The number of hydrogen-bond donors (Lipinski definition) is 2. The van der Waals surface area contributed by atoms with Crippen LogP contribution in [-0.2, 0) is 9.59 Å². The van der Waals surface area contributed by atoms with Gasteiger partial charge in [-0.3, -0.25) is 14.4 Å². The van der Waals surface area contributed by atoms with Crippen molar-refractivity contribution in [2.45, 2.75) is 6.42 Å². The number of carboxylic acids is 2. The van der Waals surface area contributed by atoms with Crippen LogP contribution in [-0.4, -0.2) is 46.0 Å². The van der Waals surface area contributed by atoms with Gasteiger partial charge in [0.25, 0.3) is 5.91 Å². The monoisotopic (exact) mass is 309 g/mol. The zero-order valence-electron chi connectivity index (χ0n) is 10.9. The van der Waals surface area contributed by atoms with Crippen LogP contribution in [0.4, 0.5) is 0 Å². The van der Waals surface area contributed by atoms with Gasteiger partial charge in [-0.1, -0.05) is 23.7 Å². The van der Waals surface area contributed by atoms with Crippen molar-refractivity contribution >= 4 is 29.4 Å². The summed E-state index contributed by atoms with van der Waals surface area (Å²) in [7, 11) is 0. The van der Waals surface area contributed by atoms with E-state index in [9.17, 15) is 24.6 Å². The molecule has 0 bridgehead atoms. The van der Waals surface area contributed by atoms with Gasteiger partial charge >= 0.3 is 11.9 Å². The van der Waals surface area contributed by atoms with Crippen molar-refractivity contribution in [3.05, 3.63) is 34.9 Å². The van der Waals surface area contributed by atoms with Crippen LogP contribution < -0.4 is 0 Å². The Morgan fingerprint density at radius 1 is 1.05 bits per heavy atom. The molecule has 110 valence electrons. The minimum absolute atomic E-state index is 0.0664. The average molecular weight is 310 g/mol. The third kappa shape index (κ3) is 1.68. The molecule has 2 aliphatic rings. The van der Waals surface area contributed by atoms with Crippen molar-refractivity contribution in [2.24, 2.45) is 10.8 Å². The highest BCUT2D eigenvalue weighted by atomic mass is 35.5. The zero-order chi connectivity index (χ0) is 15.4. The van der Waals surface area contributed by atoms with Crippen molar-refractivity contribution in [3.8, 4) is 0 Å². The minimum atomic E-state index is -1.37. The van der Waals surface area contributed by atoms with Gasteiger partial charge in [-0.25, -0.2) is 0 Å². The van der Waals surface area contributed by atoms with Gasteiger partial charge in [-0.15, -0.1) is 0 Å². The maximum absolute atomic E-state index is 12.4. The van der Waals surface area contributed by atoms with Gasteiger partial charge in [0, 0.05) is 13.1 Å².